The number of halogens is 1. The van der Waals surface area contributed by atoms with Crippen molar-refractivity contribution in [2.75, 3.05) is 11.9 Å². The smallest absolute Gasteiger partial charge is 0.202 e. The number of aromatic nitrogens is 2. The summed E-state index contributed by atoms with van der Waals surface area (Å²) in [6, 6.07) is 0. The van der Waals surface area contributed by atoms with Crippen LogP contribution in [0, 0.1) is 0 Å². The molecule has 0 aromatic carbocycles. The maximum Gasteiger partial charge on any atom is 0.202 e. The van der Waals surface area contributed by atoms with Crippen LogP contribution in [-0.4, -0.2) is 21.3 Å². The van der Waals surface area contributed by atoms with Crippen molar-refractivity contribution in [2.24, 2.45) is 0 Å². The van der Waals surface area contributed by atoms with Crippen LogP contribution in [0.2, 0.25) is 0 Å². The molecule has 0 amide bonds. The van der Waals surface area contributed by atoms with E-state index in [2.05, 4.69) is 14.7 Å². The Hall–Kier alpha value is -0.350. The maximum absolute atomic E-state index is 5.80. The molecule has 1 heterocycles. The molecule has 0 bridgehead atoms. The zero-order chi connectivity index (χ0) is 9.68. The Morgan fingerprint density at radius 3 is 2.92 bits per heavy atom. The Labute approximate surface area is 87.7 Å². The van der Waals surface area contributed by atoms with Gasteiger partial charge in [0.05, 0.1) is 0 Å². The van der Waals surface area contributed by atoms with Gasteiger partial charge in [-0.25, -0.2) is 4.98 Å². The van der Waals surface area contributed by atoms with E-state index in [1.165, 1.54) is 11.5 Å². The maximum atomic E-state index is 5.80. The van der Waals surface area contributed by atoms with Crippen molar-refractivity contribution in [3.63, 3.8) is 0 Å². The Kier molecular flexibility index (Phi) is 4.45. The van der Waals surface area contributed by atoms with Gasteiger partial charge in [0.25, 0.3) is 0 Å². The first-order chi connectivity index (χ1) is 6.22. The normalized spacial score (nSPS) is 12.8. The first kappa shape index (κ1) is 10.7. The zero-order valence-corrected chi connectivity index (χ0v) is 9.45. The Bertz CT molecular complexity index is 249. The molecule has 3 nitrogen and oxygen atoms in total. The van der Waals surface area contributed by atoms with E-state index in [9.17, 15) is 0 Å². The largest absolute Gasteiger partial charge is 0.360 e. The van der Waals surface area contributed by atoms with E-state index >= 15 is 0 Å². The van der Waals surface area contributed by atoms with Gasteiger partial charge in [-0.2, -0.15) is 4.37 Å². The van der Waals surface area contributed by atoms with Crippen LogP contribution in [0.5, 0.6) is 0 Å². The number of alkyl halides is 1. The highest BCUT2D eigenvalue weighted by atomic mass is 35.5. The Morgan fingerprint density at radius 2 is 2.38 bits per heavy atom. The molecule has 1 aromatic heterocycles. The first-order valence-electron chi connectivity index (χ1n) is 4.43. The summed E-state index contributed by atoms with van der Waals surface area (Å²) >= 11 is 7.21. The van der Waals surface area contributed by atoms with Gasteiger partial charge in [0.2, 0.25) is 5.13 Å². The second-order valence-corrected chi connectivity index (χ2v) is 4.36. The molecule has 0 spiro atoms. The summed E-state index contributed by atoms with van der Waals surface area (Å²) in [4.78, 5) is 4.28. The lowest BCUT2D eigenvalue weighted by Crippen LogP contribution is -2.05. The quantitative estimate of drug-likeness (QED) is 0.774. The van der Waals surface area contributed by atoms with Gasteiger partial charge in [-0.1, -0.05) is 6.92 Å². The van der Waals surface area contributed by atoms with E-state index in [0.29, 0.717) is 0 Å². The van der Waals surface area contributed by atoms with Crippen LogP contribution in [0.1, 0.15) is 26.1 Å². The van der Waals surface area contributed by atoms with Gasteiger partial charge in [-0.3, -0.25) is 0 Å². The summed E-state index contributed by atoms with van der Waals surface area (Å²) in [5, 5.41) is 4.30. The second-order valence-electron chi connectivity index (χ2n) is 2.87. The molecule has 0 saturated carbocycles. The third-order valence-electron chi connectivity index (χ3n) is 1.60. The number of aryl methyl sites for hydroxylation is 1. The van der Waals surface area contributed by atoms with Crippen molar-refractivity contribution in [3.05, 3.63) is 5.82 Å². The molecule has 0 fully saturated rings. The zero-order valence-electron chi connectivity index (χ0n) is 7.88. The average molecular weight is 220 g/mol. The monoisotopic (exact) mass is 219 g/mol. The fourth-order valence-corrected chi connectivity index (χ4v) is 1.63. The average Bonchev–Trinajstić information content (AvgIpc) is 2.52. The van der Waals surface area contributed by atoms with Gasteiger partial charge in [0, 0.05) is 29.9 Å². The lowest BCUT2D eigenvalue weighted by atomic mass is 10.3. The summed E-state index contributed by atoms with van der Waals surface area (Å²) < 4.78 is 4.17. The Morgan fingerprint density at radius 1 is 1.62 bits per heavy atom. The number of hydrogen-bond donors (Lipinski definition) is 1. The van der Waals surface area contributed by atoms with Crippen molar-refractivity contribution in [2.45, 2.75) is 32.1 Å². The fourth-order valence-electron chi connectivity index (χ4n) is 0.847. The van der Waals surface area contributed by atoms with Crippen molar-refractivity contribution in [1.82, 2.24) is 9.36 Å². The highest BCUT2D eigenvalue weighted by molar-refractivity contribution is 7.09. The molecule has 74 valence electrons. The predicted octanol–water partition coefficient (Wildman–Crippen LogP) is 2.53. The lowest BCUT2D eigenvalue weighted by Gasteiger charge is -2.02. The van der Waals surface area contributed by atoms with E-state index in [4.69, 9.17) is 11.6 Å². The third-order valence-corrected chi connectivity index (χ3v) is 2.53. The lowest BCUT2D eigenvalue weighted by molar-refractivity contribution is 0.840. The van der Waals surface area contributed by atoms with Crippen LogP contribution in [-0.2, 0) is 6.42 Å². The van der Waals surface area contributed by atoms with Gasteiger partial charge in [0.15, 0.2) is 0 Å². The summed E-state index contributed by atoms with van der Waals surface area (Å²) in [6.45, 7) is 4.90. The number of nitrogens with zero attached hydrogens (tertiary/aromatic N) is 2. The highest BCUT2D eigenvalue weighted by Gasteiger charge is 2.01. The van der Waals surface area contributed by atoms with Crippen molar-refractivity contribution < 1.29 is 0 Å². The number of nitrogens with one attached hydrogen (secondary N) is 1. The standard InChI is InChI=1S/C8H14ClN3S/c1-3-7-11-8(13-12-7)10-5-4-6(2)9/h6H,3-5H2,1-2H3,(H,10,11,12). The van der Waals surface area contributed by atoms with Crippen LogP contribution < -0.4 is 5.32 Å². The number of anilines is 1. The minimum atomic E-state index is 0.214. The minimum Gasteiger partial charge on any atom is -0.360 e. The van der Waals surface area contributed by atoms with Crippen LogP contribution in [0.4, 0.5) is 5.13 Å². The summed E-state index contributed by atoms with van der Waals surface area (Å²) in [6.07, 6.45) is 1.84. The number of rotatable bonds is 5. The second kappa shape index (κ2) is 5.40. The summed E-state index contributed by atoms with van der Waals surface area (Å²) in [5.74, 6) is 0.909. The fraction of sp³-hybridized carbons (Fsp3) is 0.750. The molecule has 0 radical (unpaired) electrons. The van der Waals surface area contributed by atoms with Gasteiger partial charge in [0.1, 0.15) is 5.82 Å². The van der Waals surface area contributed by atoms with Gasteiger partial charge < -0.3 is 5.32 Å². The topological polar surface area (TPSA) is 37.8 Å². The van der Waals surface area contributed by atoms with Gasteiger partial charge in [-0.05, 0) is 13.3 Å². The van der Waals surface area contributed by atoms with E-state index < -0.39 is 0 Å². The van der Waals surface area contributed by atoms with E-state index in [-0.39, 0.29) is 5.38 Å². The molecule has 0 saturated heterocycles. The SMILES string of the molecule is CCc1nsc(NCCC(C)Cl)n1. The van der Waals surface area contributed by atoms with E-state index in [0.717, 1.165) is 30.3 Å². The van der Waals surface area contributed by atoms with Gasteiger partial charge >= 0.3 is 0 Å². The van der Waals surface area contributed by atoms with Crippen molar-refractivity contribution in [3.8, 4) is 0 Å². The summed E-state index contributed by atoms with van der Waals surface area (Å²) in [7, 11) is 0. The molecule has 0 aliphatic heterocycles. The minimum absolute atomic E-state index is 0.214. The molecule has 1 N–H and O–H groups in total. The molecule has 1 aromatic rings. The highest BCUT2D eigenvalue weighted by Crippen LogP contribution is 2.11. The predicted molar refractivity (Wildman–Crippen MR) is 57.7 cm³/mol. The molecule has 0 aliphatic carbocycles. The molecule has 1 atom stereocenters. The van der Waals surface area contributed by atoms with Crippen molar-refractivity contribution >= 4 is 28.3 Å². The summed E-state index contributed by atoms with van der Waals surface area (Å²) in [5.41, 5.74) is 0. The van der Waals surface area contributed by atoms with Crippen LogP contribution in [0.15, 0.2) is 0 Å². The Balaban J connectivity index is 2.28. The number of hydrogen-bond acceptors (Lipinski definition) is 4. The third kappa shape index (κ3) is 3.91. The van der Waals surface area contributed by atoms with Gasteiger partial charge in [-0.15, -0.1) is 11.6 Å². The van der Waals surface area contributed by atoms with Crippen LogP contribution >= 0.6 is 23.1 Å². The molecular weight excluding hydrogens is 206 g/mol. The van der Waals surface area contributed by atoms with E-state index in [1.807, 2.05) is 13.8 Å². The first-order valence-corrected chi connectivity index (χ1v) is 5.64. The van der Waals surface area contributed by atoms with Crippen molar-refractivity contribution in [1.29, 1.82) is 0 Å². The molecule has 13 heavy (non-hydrogen) atoms. The molecule has 0 aliphatic rings. The molecule has 1 unspecified atom stereocenters. The molecule has 1 rings (SSSR count). The molecule has 5 heteroatoms. The molecular formula is C8H14ClN3S. The van der Waals surface area contributed by atoms with E-state index in [1.54, 1.807) is 0 Å². The van der Waals surface area contributed by atoms with Crippen LogP contribution in [0.25, 0.3) is 0 Å². The van der Waals surface area contributed by atoms with Crippen LogP contribution in [0.3, 0.4) is 0 Å².